The molecule has 124 valence electrons. The number of carbonyl (C=O) groups is 2. The molecule has 0 aromatic carbocycles. The molecule has 0 rings (SSSR count). The van der Waals surface area contributed by atoms with Gasteiger partial charge in [-0.2, -0.15) is 0 Å². The number of aliphatic carboxylic acids is 1. The quantitative estimate of drug-likeness (QED) is 0.685. The number of carboxylic acids is 1. The molecular weight excluding hydrogens is 268 g/mol. The van der Waals surface area contributed by atoms with Gasteiger partial charge in [-0.25, -0.2) is 4.79 Å². The van der Waals surface area contributed by atoms with Gasteiger partial charge in [0.15, 0.2) is 0 Å². The highest BCUT2D eigenvalue weighted by atomic mass is 16.4. The smallest absolute Gasteiger partial charge is 0.318 e. The second kappa shape index (κ2) is 8.90. The van der Waals surface area contributed by atoms with E-state index in [-0.39, 0.29) is 18.5 Å². The Labute approximate surface area is 129 Å². The van der Waals surface area contributed by atoms with Crippen LogP contribution in [0.4, 0.5) is 4.79 Å². The topological polar surface area (TPSA) is 69.6 Å². The van der Waals surface area contributed by atoms with E-state index in [9.17, 15) is 9.59 Å². The standard InChI is InChI=1S/C16H32N2O3/c1-7-13(8-2)18(11-12(3)4)15(21)17-16(5,6)10-9-14(19)20/h12-13H,7-11H2,1-6H3,(H,17,21)(H,19,20). The fourth-order valence-corrected chi connectivity index (χ4v) is 2.36. The lowest BCUT2D eigenvalue weighted by atomic mass is 9.98. The van der Waals surface area contributed by atoms with Crippen LogP contribution in [0.5, 0.6) is 0 Å². The van der Waals surface area contributed by atoms with Crippen molar-refractivity contribution in [1.29, 1.82) is 0 Å². The van der Waals surface area contributed by atoms with Crippen LogP contribution in [0.25, 0.3) is 0 Å². The summed E-state index contributed by atoms with van der Waals surface area (Å²) < 4.78 is 0. The molecule has 0 fully saturated rings. The van der Waals surface area contributed by atoms with Crippen molar-refractivity contribution in [3.05, 3.63) is 0 Å². The van der Waals surface area contributed by atoms with Crippen molar-refractivity contribution < 1.29 is 14.7 Å². The Balaban J connectivity index is 4.82. The number of carboxylic acid groups (broad SMARTS) is 1. The molecule has 5 heteroatoms. The summed E-state index contributed by atoms with van der Waals surface area (Å²) in [5.41, 5.74) is -0.517. The highest BCUT2D eigenvalue weighted by Crippen LogP contribution is 2.16. The third-order valence-electron chi connectivity index (χ3n) is 3.62. The fourth-order valence-electron chi connectivity index (χ4n) is 2.36. The highest BCUT2D eigenvalue weighted by Gasteiger charge is 2.27. The number of amides is 2. The first kappa shape index (κ1) is 19.7. The first-order chi connectivity index (χ1) is 9.62. The van der Waals surface area contributed by atoms with E-state index in [1.54, 1.807) is 0 Å². The van der Waals surface area contributed by atoms with Gasteiger partial charge in [0, 0.05) is 24.5 Å². The maximum Gasteiger partial charge on any atom is 0.318 e. The van der Waals surface area contributed by atoms with E-state index in [0.29, 0.717) is 18.9 Å². The number of urea groups is 1. The van der Waals surface area contributed by atoms with Crippen LogP contribution in [0.3, 0.4) is 0 Å². The van der Waals surface area contributed by atoms with Gasteiger partial charge in [-0.05, 0) is 39.0 Å². The van der Waals surface area contributed by atoms with Crippen LogP contribution in [0.1, 0.15) is 67.2 Å². The Morgan fingerprint density at radius 2 is 1.71 bits per heavy atom. The zero-order valence-electron chi connectivity index (χ0n) is 14.4. The normalized spacial score (nSPS) is 11.8. The Bertz CT molecular complexity index is 336. The number of nitrogens with one attached hydrogen (secondary N) is 1. The largest absolute Gasteiger partial charge is 0.481 e. The molecule has 2 amide bonds. The number of hydrogen-bond acceptors (Lipinski definition) is 2. The Morgan fingerprint density at radius 3 is 2.10 bits per heavy atom. The van der Waals surface area contributed by atoms with Gasteiger partial charge in [0.25, 0.3) is 0 Å². The molecule has 0 aliphatic carbocycles. The van der Waals surface area contributed by atoms with Gasteiger partial charge < -0.3 is 15.3 Å². The third-order valence-corrected chi connectivity index (χ3v) is 3.62. The van der Waals surface area contributed by atoms with Gasteiger partial charge in [0.2, 0.25) is 0 Å². The summed E-state index contributed by atoms with van der Waals surface area (Å²) >= 11 is 0. The van der Waals surface area contributed by atoms with Crippen molar-refractivity contribution >= 4 is 12.0 Å². The molecule has 2 N–H and O–H groups in total. The highest BCUT2D eigenvalue weighted by molar-refractivity contribution is 5.75. The van der Waals surface area contributed by atoms with E-state index >= 15 is 0 Å². The minimum atomic E-state index is -0.837. The van der Waals surface area contributed by atoms with Crippen LogP contribution < -0.4 is 5.32 Å². The minimum Gasteiger partial charge on any atom is -0.481 e. The predicted molar refractivity (Wildman–Crippen MR) is 85.4 cm³/mol. The minimum absolute atomic E-state index is 0.0580. The zero-order valence-corrected chi connectivity index (χ0v) is 14.4. The lowest BCUT2D eigenvalue weighted by Crippen LogP contribution is -2.53. The lowest BCUT2D eigenvalue weighted by molar-refractivity contribution is -0.137. The van der Waals surface area contributed by atoms with Crippen LogP contribution in [-0.2, 0) is 4.79 Å². The molecule has 5 nitrogen and oxygen atoms in total. The summed E-state index contributed by atoms with van der Waals surface area (Å²) in [6, 6.07) is 0.135. The molecule has 0 atom stereocenters. The first-order valence-electron chi connectivity index (χ1n) is 7.93. The molecule has 0 aliphatic rings. The van der Waals surface area contributed by atoms with Gasteiger partial charge in [0.1, 0.15) is 0 Å². The molecule has 0 bridgehead atoms. The number of rotatable bonds is 9. The van der Waals surface area contributed by atoms with Gasteiger partial charge in [-0.3, -0.25) is 4.79 Å². The first-order valence-corrected chi connectivity index (χ1v) is 7.93. The molecule has 0 unspecified atom stereocenters. The zero-order chi connectivity index (χ0) is 16.6. The Morgan fingerprint density at radius 1 is 1.19 bits per heavy atom. The van der Waals surface area contributed by atoms with Crippen molar-refractivity contribution in [1.82, 2.24) is 10.2 Å². The van der Waals surface area contributed by atoms with Crippen LogP contribution in [0, 0.1) is 5.92 Å². The summed E-state index contributed by atoms with van der Waals surface area (Å²) in [7, 11) is 0. The summed E-state index contributed by atoms with van der Waals surface area (Å²) in [5.74, 6) is -0.435. The summed E-state index contributed by atoms with van der Waals surface area (Å²) in [6.07, 6.45) is 2.33. The van der Waals surface area contributed by atoms with E-state index in [1.165, 1.54) is 0 Å². The van der Waals surface area contributed by atoms with Crippen LogP contribution >= 0.6 is 0 Å². The van der Waals surface area contributed by atoms with Gasteiger partial charge >= 0.3 is 12.0 Å². The van der Waals surface area contributed by atoms with E-state index in [1.807, 2.05) is 18.7 Å². The fraction of sp³-hybridized carbons (Fsp3) is 0.875. The Kier molecular flexibility index (Phi) is 8.37. The second-order valence-electron chi connectivity index (χ2n) is 6.72. The maximum atomic E-state index is 12.6. The second-order valence-corrected chi connectivity index (χ2v) is 6.72. The van der Waals surface area contributed by atoms with E-state index in [0.717, 1.165) is 12.8 Å². The molecule has 0 aliphatic heterocycles. The molecule has 21 heavy (non-hydrogen) atoms. The van der Waals surface area contributed by atoms with Crippen molar-refractivity contribution in [3.63, 3.8) is 0 Å². The molecule has 0 aromatic rings. The van der Waals surface area contributed by atoms with Crippen molar-refractivity contribution in [2.75, 3.05) is 6.54 Å². The number of carbonyl (C=O) groups excluding carboxylic acids is 1. The van der Waals surface area contributed by atoms with Crippen LogP contribution in [0.2, 0.25) is 0 Å². The van der Waals surface area contributed by atoms with E-state index in [2.05, 4.69) is 33.0 Å². The molecule has 0 saturated heterocycles. The van der Waals surface area contributed by atoms with Gasteiger partial charge in [-0.15, -0.1) is 0 Å². The number of nitrogens with zero attached hydrogens (tertiary/aromatic N) is 1. The van der Waals surface area contributed by atoms with Gasteiger partial charge in [0.05, 0.1) is 0 Å². The lowest BCUT2D eigenvalue weighted by Gasteiger charge is -2.36. The monoisotopic (exact) mass is 300 g/mol. The molecule has 0 saturated carbocycles. The predicted octanol–water partition coefficient (Wildman–Crippen LogP) is 3.49. The molecule has 0 radical (unpaired) electrons. The summed E-state index contributed by atoms with van der Waals surface area (Å²) in [6.45, 7) is 12.8. The van der Waals surface area contributed by atoms with Crippen molar-refractivity contribution in [2.24, 2.45) is 5.92 Å². The summed E-state index contributed by atoms with van der Waals surface area (Å²) in [5, 5.41) is 11.8. The maximum absolute atomic E-state index is 12.6. The molecule has 0 heterocycles. The number of hydrogen-bond donors (Lipinski definition) is 2. The van der Waals surface area contributed by atoms with Crippen LogP contribution in [0.15, 0.2) is 0 Å². The average molecular weight is 300 g/mol. The average Bonchev–Trinajstić information content (AvgIpc) is 2.35. The van der Waals surface area contributed by atoms with Gasteiger partial charge in [-0.1, -0.05) is 27.7 Å². The van der Waals surface area contributed by atoms with E-state index in [4.69, 9.17) is 5.11 Å². The molecule has 0 spiro atoms. The Hall–Kier alpha value is -1.26. The SMILES string of the molecule is CCC(CC)N(CC(C)C)C(=O)NC(C)(C)CCC(=O)O. The van der Waals surface area contributed by atoms with Crippen LogP contribution in [-0.4, -0.2) is 40.1 Å². The summed E-state index contributed by atoms with van der Waals surface area (Å²) in [4.78, 5) is 25.2. The van der Waals surface area contributed by atoms with Crippen molar-refractivity contribution in [3.8, 4) is 0 Å². The molecular formula is C16H32N2O3. The van der Waals surface area contributed by atoms with E-state index < -0.39 is 11.5 Å². The molecule has 0 aromatic heterocycles. The third kappa shape index (κ3) is 7.93. The van der Waals surface area contributed by atoms with Crippen molar-refractivity contribution in [2.45, 2.75) is 78.8 Å².